The van der Waals surface area contributed by atoms with Gasteiger partial charge in [0.1, 0.15) is 0 Å². The van der Waals surface area contributed by atoms with Gasteiger partial charge in [0.25, 0.3) is 0 Å². The van der Waals surface area contributed by atoms with Crippen LogP contribution in [0.3, 0.4) is 0 Å². The first-order valence-corrected chi connectivity index (χ1v) is 7.71. The second-order valence-electron chi connectivity index (χ2n) is 5.61. The molecule has 4 rings (SSSR count). The third kappa shape index (κ3) is 2.53. The smallest absolute Gasteiger partial charge is 0.0995 e. The van der Waals surface area contributed by atoms with Crippen LogP contribution < -0.4 is 0 Å². The highest BCUT2D eigenvalue weighted by atomic mass is 15.4. The van der Waals surface area contributed by atoms with Crippen LogP contribution in [-0.4, -0.2) is 15.0 Å². The molecule has 0 aliphatic carbocycles. The molecule has 0 saturated carbocycles. The molecule has 4 nitrogen and oxygen atoms in total. The predicted octanol–water partition coefficient (Wildman–Crippen LogP) is 4.02. The van der Waals surface area contributed by atoms with Gasteiger partial charge in [0.15, 0.2) is 0 Å². The minimum absolute atomic E-state index is 0.520. The van der Waals surface area contributed by atoms with Crippen molar-refractivity contribution in [2.75, 3.05) is 0 Å². The lowest BCUT2D eigenvalue weighted by Gasteiger charge is -2.08. The number of hydrogen-bond acceptors (Lipinski definition) is 3. The Kier molecular flexibility index (Phi) is 3.53. The number of nitriles is 1. The van der Waals surface area contributed by atoms with Crippen LogP contribution in [0.2, 0.25) is 0 Å². The third-order valence-electron chi connectivity index (χ3n) is 4.12. The second-order valence-corrected chi connectivity index (χ2v) is 5.61. The molecule has 114 valence electrons. The van der Waals surface area contributed by atoms with Gasteiger partial charge in [-0.05, 0) is 28.5 Å². The van der Waals surface area contributed by atoms with E-state index in [0.29, 0.717) is 12.1 Å². The van der Waals surface area contributed by atoms with Gasteiger partial charge in [-0.25, -0.2) is 4.68 Å². The van der Waals surface area contributed by atoms with E-state index < -0.39 is 0 Å². The first kappa shape index (κ1) is 14.2. The fourth-order valence-corrected chi connectivity index (χ4v) is 2.88. The van der Waals surface area contributed by atoms with Crippen LogP contribution in [0.1, 0.15) is 11.1 Å². The van der Waals surface area contributed by atoms with Crippen molar-refractivity contribution in [3.8, 4) is 17.3 Å². The zero-order valence-corrected chi connectivity index (χ0v) is 12.9. The lowest BCUT2D eigenvalue weighted by molar-refractivity contribution is 0.655. The molecule has 0 saturated heterocycles. The second kappa shape index (κ2) is 5.98. The molecule has 0 bridgehead atoms. The zero-order valence-electron chi connectivity index (χ0n) is 12.9. The zero-order chi connectivity index (χ0) is 16.4. The first-order chi connectivity index (χ1) is 11.8. The van der Waals surface area contributed by atoms with Crippen LogP contribution in [0.25, 0.3) is 22.0 Å². The monoisotopic (exact) mass is 310 g/mol. The quantitative estimate of drug-likeness (QED) is 0.574. The maximum Gasteiger partial charge on any atom is 0.0995 e. The van der Waals surface area contributed by atoms with Gasteiger partial charge in [-0.2, -0.15) is 5.26 Å². The molecular formula is C20H14N4. The number of aromatic nitrogens is 3. The maximum absolute atomic E-state index is 9.26. The van der Waals surface area contributed by atoms with Gasteiger partial charge in [0, 0.05) is 5.56 Å². The summed E-state index contributed by atoms with van der Waals surface area (Å²) in [6.45, 7) is 0.520. The summed E-state index contributed by atoms with van der Waals surface area (Å²) in [7, 11) is 0. The number of benzene rings is 3. The molecule has 0 amide bonds. The molecule has 4 aromatic rings. The summed E-state index contributed by atoms with van der Waals surface area (Å²) in [6, 6.07) is 24.4. The lowest BCUT2D eigenvalue weighted by atomic mass is 10.0. The van der Waals surface area contributed by atoms with Crippen molar-refractivity contribution >= 4 is 10.8 Å². The topological polar surface area (TPSA) is 54.5 Å². The lowest BCUT2D eigenvalue weighted by Crippen LogP contribution is -2.05. The molecule has 0 N–H and O–H groups in total. The minimum atomic E-state index is 0.520. The van der Waals surface area contributed by atoms with Crippen LogP contribution in [0.4, 0.5) is 0 Å². The molecule has 1 aromatic heterocycles. The van der Waals surface area contributed by atoms with Crippen molar-refractivity contribution in [2.24, 2.45) is 0 Å². The normalized spacial score (nSPS) is 10.6. The molecule has 0 spiro atoms. The van der Waals surface area contributed by atoms with Crippen molar-refractivity contribution < 1.29 is 0 Å². The van der Waals surface area contributed by atoms with Crippen LogP contribution in [0, 0.1) is 11.3 Å². The van der Waals surface area contributed by atoms with Crippen molar-refractivity contribution in [1.82, 2.24) is 15.0 Å². The van der Waals surface area contributed by atoms with E-state index in [1.165, 1.54) is 10.8 Å². The van der Waals surface area contributed by atoms with Crippen LogP contribution in [-0.2, 0) is 6.54 Å². The molecule has 0 aliphatic rings. The minimum Gasteiger partial charge on any atom is -0.240 e. The number of hydrogen-bond donors (Lipinski definition) is 0. The largest absolute Gasteiger partial charge is 0.240 e. The van der Waals surface area contributed by atoms with Gasteiger partial charge in [-0.3, -0.25) is 0 Å². The average Bonchev–Trinajstić information content (AvgIpc) is 3.10. The van der Waals surface area contributed by atoms with Gasteiger partial charge < -0.3 is 0 Å². The Labute approximate surface area is 139 Å². The Hall–Kier alpha value is -3.45. The third-order valence-corrected chi connectivity index (χ3v) is 4.12. The summed E-state index contributed by atoms with van der Waals surface area (Å²) in [5.74, 6) is 0. The highest BCUT2D eigenvalue weighted by Gasteiger charge is 2.10. The van der Waals surface area contributed by atoms with E-state index in [-0.39, 0.29) is 0 Å². The van der Waals surface area contributed by atoms with Gasteiger partial charge in [0.2, 0.25) is 0 Å². The van der Waals surface area contributed by atoms with E-state index in [1.54, 1.807) is 6.20 Å². The highest BCUT2D eigenvalue weighted by molar-refractivity contribution is 5.86. The Bertz CT molecular complexity index is 1060. The van der Waals surface area contributed by atoms with E-state index in [0.717, 1.165) is 16.8 Å². The van der Waals surface area contributed by atoms with E-state index in [4.69, 9.17) is 0 Å². The molecule has 0 unspecified atom stereocenters. The highest BCUT2D eigenvalue weighted by Crippen LogP contribution is 2.24. The standard InChI is InChI=1S/C20H14N4/c21-12-18-7-3-4-8-19(18)14-24-20(13-22-23-24)17-10-9-15-5-1-2-6-16(15)11-17/h1-11,13H,14H2. The summed E-state index contributed by atoms with van der Waals surface area (Å²) in [6.07, 6.45) is 1.76. The number of nitrogens with zero attached hydrogens (tertiary/aromatic N) is 4. The maximum atomic E-state index is 9.26. The summed E-state index contributed by atoms with van der Waals surface area (Å²) in [5, 5.41) is 19.9. The molecule has 0 aliphatic heterocycles. The van der Waals surface area contributed by atoms with Gasteiger partial charge >= 0.3 is 0 Å². The first-order valence-electron chi connectivity index (χ1n) is 7.71. The molecule has 24 heavy (non-hydrogen) atoms. The van der Waals surface area contributed by atoms with E-state index >= 15 is 0 Å². The van der Waals surface area contributed by atoms with Crippen LogP contribution in [0.5, 0.6) is 0 Å². The number of fused-ring (bicyclic) bond motifs is 1. The van der Waals surface area contributed by atoms with Crippen LogP contribution in [0.15, 0.2) is 72.9 Å². The molecular weight excluding hydrogens is 296 g/mol. The fraction of sp³-hybridized carbons (Fsp3) is 0.0500. The Morgan fingerprint density at radius 1 is 0.917 bits per heavy atom. The molecule has 0 fully saturated rings. The Balaban J connectivity index is 1.75. The van der Waals surface area contributed by atoms with E-state index in [9.17, 15) is 5.26 Å². The summed E-state index contributed by atoms with van der Waals surface area (Å²) >= 11 is 0. The van der Waals surface area contributed by atoms with Crippen molar-refractivity contribution in [2.45, 2.75) is 6.54 Å². The van der Waals surface area contributed by atoms with E-state index in [2.05, 4.69) is 46.7 Å². The van der Waals surface area contributed by atoms with Crippen LogP contribution >= 0.6 is 0 Å². The predicted molar refractivity (Wildman–Crippen MR) is 93.2 cm³/mol. The summed E-state index contributed by atoms with van der Waals surface area (Å²) in [4.78, 5) is 0. The summed E-state index contributed by atoms with van der Waals surface area (Å²) < 4.78 is 1.83. The van der Waals surface area contributed by atoms with Crippen molar-refractivity contribution in [3.05, 3.63) is 84.1 Å². The number of rotatable bonds is 3. The van der Waals surface area contributed by atoms with Gasteiger partial charge in [0.05, 0.1) is 30.1 Å². The van der Waals surface area contributed by atoms with Crippen molar-refractivity contribution in [1.29, 1.82) is 5.26 Å². The van der Waals surface area contributed by atoms with E-state index in [1.807, 2.05) is 41.1 Å². The average molecular weight is 310 g/mol. The van der Waals surface area contributed by atoms with Gasteiger partial charge in [-0.1, -0.05) is 59.8 Å². The molecule has 4 heteroatoms. The molecule has 1 heterocycles. The summed E-state index contributed by atoms with van der Waals surface area (Å²) in [5.41, 5.74) is 3.60. The SMILES string of the molecule is N#Cc1ccccc1Cn1nncc1-c1ccc2ccccc2c1. The molecule has 0 atom stereocenters. The van der Waals surface area contributed by atoms with Crippen molar-refractivity contribution in [3.63, 3.8) is 0 Å². The Morgan fingerprint density at radius 3 is 2.58 bits per heavy atom. The fourth-order valence-electron chi connectivity index (χ4n) is 2.88. The van der Waals surface area contributed by atoms with Gasteiger partial charge in [-0.15, -0.1) is 5.10 Å². The molecule has 0 radical (unpaired) electrons. The molecule has 3 aromatic carbocycles. The Morgan fingerprint density at radius 2 is 1.71 bits per heavy atom.